The molecule has 1 saturated heterocycles. The molecule has 4 aromatic rings. The number of alkyl halides is 3. The van der Waals surface area contributed by atoms with Crippen LogP contribution in [0.4, 0.5) is 13.2 Å². The minimum atomic E-state index is -4.63. The van der Waals surface area contributed by atoms with Gasteiger partial charge in [0.15, 0.2) is 11.5 Å². The van der Waals surface area contributed by atoms with Crippen LogP contribution in [0.1, 0.15) is 25.5 Å². The molecule has 5 rings (SSSR count). The molecule has 35 heavy (non-hydrogen) atoms. The van der Waals surface area contributed by atoms with E-state index in [-0.39, 0.29) is 30.6 Å². The molecule has 2 N–H and O–H groups in total. The molecule has 0 bridgehead atoms. The van der Waals surface area contributed by atoms with Crippen molar-refractivity contribution in [1.29, 1.82) is 0 Å². The number of benzene rings is 1. The molecular weight excluding hydrogens is 463 g/mol. The number of likely N-dealkylation sites (tertiary alicyclic amines) is 1. The number of pyridine rings is 2. The second-order valence-electron chi connectivity index (χ2n) is 8.94. The smallest absolute Gasteiger partial charge is 0.408 e. The summed E-state index contributed by atoms with van der Waals surface area (Å²) in [6, 6.07) is 9.94. The number of hydrogen-bond donors (Lipinski definition) is 2. The zero-order valence-corrected chi connectivity index (χ0v) is 19.0. The largest absolute Gasteiger partial charge is 0.489 e. The van der Waals surface area contributed by atoms with Gasteiger partial charge in [-0.25, -0.2) is 4.98 Å². The highest BCUT2D eigenvalue weighted by molar-refractivity contribution is 5.86. The van der Waals surface area contributed by atoms with Crippen LogP contribution in [0.3, 0.4) is 0 Å². The summed E-state index contributed by atoms with van der Waals surface area (Å²) >= 11 is 0. The molecule has 3 atom stereocenters. The van der Waals surface area contributed by atoms with Crippen LogP contribution in [0.5, 0.6) is 5.75 Å². The van der Waals surface area contributed by atoms with Crippen molar-refractivity contribution in [3.05, 3.63) is 54.2 Å². The summed E-state index contributed by atoms with van der Waals surface area (Å²) in [6.45, 7) is 3.24. The van der Waals surface area contributed by atoms with Crippen molar-refractivity contribution >= 4 is 16.6 Å². The van der Waals surface area contributed by atoms with E-state index < -0.39 is 24.4 Å². The number of rotatable bonds is 5. The Morgan fingerprint density at radius 1 is 1.00 bits per heavy atom. The van der Waals surface area contributed by atoms with Crippen molar-refractivity contribution in [3.63, 3.8) is 0 Å². The number of aliphatic hydroxyl groups is 2. The number of aromatic nitrogens is 4. The van der Waals surface area contributed by atoms with Crippen molar-refractivity contribution in [2.24, 2.45) is 0 Å². The van der Waals surface area contributed by atoms with E-state index in [4.69, 9.17) is 9.72 Å². The Labute approximate surface area is 198 Å². The zero-order chi connectivity index (χ0) is 24.9. The molecule has 1 fully saturated rings. The second-order valence-corrected chi connectivity index (χ2v) is 8.94. The number of β-amino-alcohol motifs (C(OH)–C–C–N with tert-alkyl or cyclic N) is 2. The Kier molecular flexibility index (Phi) is 5.86. The molecule has 0 aliphatic carbocycles. The summed E-state index contributed by atoms with van der Waals surface area (Å²) in [6.07, 6.45) is -5.83. The lowest BCUT2D eigenvalue weighted by Gasteiger charge is -2.29. The van der Waals surface area contributed by atoms with Crippen molar-refractivity contribution in [2.45, 2.75) is 44.4 Å². The fourth-order valence-corrected chi connectivity index (χ4v) is 4.45. The SMILES string of the molecule is CC(C)Oc1cccc2ccc(-c3nnc4ccc([C@H](N5C[C@@H](O)[C@H](O)C5)C(F)(F)F)cn34)nc12. The number of hydrogen-bond acceptors (Lipinski definition) is 7. The van der Waals surface area contributed by atoms with Gasteiger partial charge < -0.3 is 14.9 Å². The Morgan fingerprint density at radius 3 is 2.43 bits per heavy atom. The normalized spacial score (nSPS) is 20.2. The minimum Gasteiger partial charge on any atom is -0.489 e. The first kappa shape index (κ1) is 23.5. The van der Waals surface area contributed by atoms with Crippen molar-refractivity contribution < 1.29 is 28.1 Å². The van der Waals surface area contributed by atoms with E-state index in [1.165, 1.54) is 22.7 Å². The zero-order valence-electron chi connectivity index (χ0n) is 19.0. The number of ether oxygens (including phenoxy) is 1. The highest BCUT2D eigenvalue weighted by atomic mass is 19.4. The van der Waals surface area contributed by atoms with E-state index in [1.54, 1.807) is 6.07 Å². The highest BCUT2D eigenvalue weighted by Crippen LogP contribution is 2.40. The molecule has 0 amide bonds. The number of fused-ring (bicyclic) bond motifs is 2. The molecule has 1 aliphatic rings. The molecule has 11 heteroatoms. The third kappa shape index (κ3) is 4.42. The van der Waals surface area contributed by atoms with Gasteiger partial charge in [-0.1, -0.05) is 24.3 Å². The fourth-order valence-electron chi connectivity index (χ4n) is 4.45. The van der Waals surface area contributed by atoms with Gasteiger partial charge in [0.05, 0.1) is 18.3 Å². The van der Waals surface area contributed by atoms with Crippen LogP contribution in [-0.2, 0) is 0 Å². The van der Waals surface area contributed by atoms with Gasteiger partial charge in [-0.3, -0.25) is 9.30 Å². The van der Waals surface area contributed by atoms with Crippen LogP contribution in [-0.4, -0.2) is 72.3 Å². The topological polar surface area (TPSA) is 96.0 Å². The molecule has 3 aromatic heterocycles. The maximum absolute atomic E-state index is 14.1. The van der Waals surface area contributed by atoms with Crippen molar-refractivity contribution in [1.82, 2.24) is 24.5 Å². The van der Waals surface area contributed by atoms with Gasteiger partial charge in [-0.15, -0.1) is 10.2 Å². The van der Waals surface area contributed by atoms with E-state index in [2.05, 4.69) is 10.2 Å². The molecule has 0 spiro atoms. The van der Waals surface area contributed by atoms with Crippen molar-refractivity contribution in [3.8, 4) is 17.3 Å². The van der Waals surface area contributed by atoms with Crippen LogP contribution in [0, 0.1) is 0 Å². The summed E-state index contributed by atoms with van der Waals surface area (Å²) in [5, 5.41) is 28.8. The third-order valence-corrected chi connectivity index (χ3v) is 5.98. The lowest BCUT2D eigenvalue weighted by atomic mass is 10.1. The molecule has 1 aliphatic heterocycles. The van der Waals surface area contributed by atoms with Gasteiger partial charge in [-0.05, 0) is 37.6 Å². The van der Waals surface area contributed by atoms with Crippen molar-refractivity contribution in [2.75, 3.05) is 13.1 Å². The van der Waals surface area contributed by atoms with E-state index in [9.17, 15) is 23.4 Å². The summed E-state index contributed by atoms with van der Waals surface area (Å²) in [5.41, 5.74) is 1.34. The van der Waals surface area contributed by atoms with Gasteiger partial charge in [0.25, 0.3) is 0 Å². The number of aliphatic hydroxyl groups excluding tert-OH is 2. The second kappa shape index (κ2) is 8.74. The maximum Gasteiger partial charge on any atom is 0.408 e. The average molecular weight is 487 g/mol. The van der Waals surface area contributed by atoms with E-state index in [0.29, 0.717) is 22.6 Å². The first-order valence-electron chi connectivity index (χ1n) is 11.2. The lowest BCUT2D eigenvalue weighted by molar-refractivity contribution is -0.185. The Bertz CT molecular complexity index is 1360. The predicted octanol–water partition coefficient (Wildman–Crippen LogP) is 3.37. The molecule has 0 radical (unpaired) electrons. The Morgan fingerprint density at radius 2 is 1.74 bits per heavy atom. The number of nitrogens with zero attached hydrogens (tertiary/aromatic N) is 5. The first-order valence-corrected chi connectivity index (χ1v) is 11.2. The van der Waals surface area contributed by atoms with E-state index in [1.807, 2.05) is 38.1 Å². The van der Waals surface area contributed by atoms with Crippen LogP contribution in [0.15, 0.2) is 48.7 Å². The Hall–Kier alpha value is -3.28. The maximum atomic E-state index is 14.1. The van der Waals surface area contributed by atoms with Gasteiger partial charge >= 0.3 is 6.18 Å². The summed E-state index contributed by atoms with van der Waals surface area (Å²) in [7, 11) is 0. The quantitative estimate of drug-likeness (QED) is 0.446. The molecule has 0 unspecified atom stereocenters. The monoisotopic (exact) mass is 487 g/mol. The highest BCUT2D eigenvalue weighted by Gasteiger charge is 2.48. The first-order chi connectivity index (χ1) is 16.6. The molecule has 4 heterocycles. The van der Waals surface area contributed by atoms with Crippen LogP contribution < -0.4 is 4.74 Å². The average Bonchev–Trinajstić information content (AvgIpc) is 3.35. The van der Waals surface area contributed by atoms with Crippen LogP contribution in [0.2, 0.25) is 0 Å². The lowest BCUT2D eigenvalue weighted by Crippen LogP contribution is -2.38. The third-order valence-electron chi connectivity index (χ3n) is 5.98. The molecule has 184 valence electrons. The fraction of sp³-hybridized carbons (Fsp3) is 0.375. The van der Waals surface area contributed by atoms with Gasteiger partial charge in [-0.2, -0.15) is 13.2 Å². The summed E-state index contributed by atoms with van der Waals surface area (Å²) in [5.74, 6) is 0.877. The van der Waals surface area contributed by atoms with Crippen LogP contribution >= 0.6 is 0 Å². The summed E-state index contributed by atoms with van der Waals surface area (Å²) < 4.78 is 49.7. The minimum absolute atomic E-state index is 0.0584. The molecule has 8 nitrogen and oxygen atoms in total. The van der Waals surface area contributed by atoms with Crippen LogP contribution in [0.25, 0.3) is 28.1 Å². The number of halogens is 3. The summed E-state index contributed by atoms with van der Waals surface area (Å²) in [4.78, 5) is 5.73. The molecule has 1 aromatic carbocycles. The van der Waals surface area contributed by atoms with E-state index in [0.717, 1.165) is 10.3 Å². The molecule has 0 saturated carbocycles. The van der Waals surface area contributed by atoms with Gasteiger partial charge in [0.1, 0.15) is 23.0 Å². The predicted molar refractivity (Wildman–Crippen MR) is 122 cm³/mol. The Balaban J connectivity index is 1.60. The van der Waals surface area contributed by atoms with Gasteiger partial charge in [0, 0.05) is 24.7 Å². The standard InChI is InChI=1S/C24H24F3N5O3/c1-13(2)35-19-5-3-4-14-6-8-16(28-21(14)19)23-30-29-20-9-7-15(10-32(20)23)22(24(25,26)27)31-11-17(33)18(34)12-31/h3-10,13,17-18,22,33-34H,11-12H2,1-2H3/t17-,18-,22+/m1/s1. The molecular formula is C24H24F3N5O3. The number of para-hydroxylation sites is 1. The van der Waals surface area contributed by atoms with E-state index >= 15 is 0 Å². The van der Waals surface area contributed by atoms with Gasteiger partial charge in [0.2, 0.25) is 0 Å².